The Morgan fingerprint density at radius 3 is 1.64 bits per heavy atom. The number of aliphatic hydroxyl groups excluding tert-OH is 2. The smallest absolute Gasteiger partial charge is 0.338 e. The largest absolute Gasteiger partial charge is 0.461 e. The molecule has 4 heterocycles. The van der Waals surface area contributed by atoms with Gasteiger partial charge in [-0.25, -0.2) is 9.59 Å². The van der Waals surface area contributed by atoms with E-state index in [0.717, 1.165) is 5.57 Å². The number of ether oxygens (including phenoxy) is 14. The maximum Gasteiger partial charge on any atom is 0.338 e. The molecule has 0 amide bonds. The zero-order valence-corrected chi connectivity index (χ0v) is 50.4. The number of aliphatic hydroxyl groups is 5. The topological polar surface area (TPSA) is 282 Å². The van der Waals surface area contributed by atoms with Crippen molar-refractivity contribution in [3.05, 3.63) is 83.4 Å². The Morgan fingerprint density at radius 2 is 1.12 bits per heavy atom. The maximum atomic E-state index is 14.0. The zero-order valence-electron chi connectivity index (χ0n) is 50.4. The fourth-order valence-corrected chi connectivity index (χ4v) is 15.8. The van der Waals surface area contributed by atoms with Crippen molar-refractivity contribution in [2.24, 2.45) is 16.7 Å². The molecule has 0 bridgehead atoms. The summed E-state index contributed by atoms with van der Waals surface area (Å²) in [4.78, 5) is 41.5. The van der Waals surface area contributed by atoms with Crippen LogP contribution in [0, 0.1) is 16.7 Å². The Morgan fingerprint density at radius 1 is 0.600 bits per heavy atom. The summed E-state index contributed by atoms with van der Waals surface area (Å²) in [6.45, 7) is 9.86. The first-order valence-corrected chi connectivity index (χ1v) is 30.1. The van der Waals surface area contributed by atoms with Crippen LogP contribution in [-0.4, -0.2) is 212 Å². The van der Waals surface area contributed by atoms with Crippen molar-refractivity contribution in [2.75, 3.05) is 35.0 Å². The molecule has 5 N–H and O–H groups in total. The van der Waals surface area contributed by atoms with Crippen molar-refractivity contribution in [2.45, 2.75) is 239 Å². The summed E-state index contributed by atoms with van der Waals surface area (Å²) in [5.74, 6) is -2.81. The molecule has 2 aromatic rings. The first kappa shape index (κ1) is 64.1. The van der Waals surface area contributed by atoms with Crippen LogP contribution in [0.5, 0.6) is 0 Å². The van der Waals surface area contributed by atoms with Gasteiger partial charge in [-0.05, 0) is 111 Å². The van der Waals surface area contributed by atoms with E-state index in [0.29, 0.717) is 37.7 Å². The van der Waals surface area contributed by atoms with Gasteiger partial charge in [0, 0.05) is 59.0 Å². The highest BCUT2D eigenvalue weighted by molar-refractivity contribution is 5.90. The second-order valence-corrected chi connectivity index (χ2v) is 25.0. The third-order valence-corrected chi connectivity index (χ3v) is 20.7. The average Bonchev–Trinajstić information content (AvgIpc) is 1.64. The molecular weight excluding hydrogens is 1110 g/mol. The van der Waals surface area contributed by atoms with Gasteiger partial charge in [0.2, 0.25) is 0 Å². The molecule has 0 unspecified atom stereocenters. The number of rotatable bonds is 18. The molecule has 4 saturated heterocycles. The molecular formula is C63H88O22. The number of methoxy groups -OCH3 is 4. The quantitative estimate of drug-likeness (QED) is 0.100. The Hall–Kier alpha value is -3.89. The number of esters is 2. The van der Waals surface area contributed by atoms with Gasteiger partial charge in [0.25, 0.3) is 0 Å². The van der Waals surface area contributed by atoms with Gasteiger partial charge in [-0.3, -0.25) is 4.79 Å². The molecule has 22 heteroatoms. The van der Waals surface area contributed by atoms with Crippen molar-refractivity contribution in [1.29, 1.82) is 0 Å². The molecule has 3 saturated carbocycles. The van der Waals surface area contributed by atoms with Crippen LogP contribution in [0.3, 0.4) is 0 Å². The molecule has 7 fully saturated rings. The van der Waals surface area contributed by atoms with E-state index in [9.17, 15) is 39.9 Å². The highest BCUT2D eigenvalue weighted by Crippen LogP contribution is 2.71. The number of benzene rings is 2. The predicted octanol–water partition coefficient (Wildman–Crippen LogP) is 4.64. The van der Waals surface area contributed by atoms with Crippen LogP contribution in [0.4, 0.5) is 0 Å². The highest BCUT2D eigenvalue weighted by Gasteiger charge is 2.82. The molecule has 472 valence electrons. The lowest BCUT2D eigenvalue weighted by atomic mass is 9.42. The average molecular weight is 1200 g/mol. The van der Waals surface area contributed by atoms with Gasteiger partial charge in [0.15, 0.2) is 30.9 Å². The van der Waals surface area contributed by atoms with Crippen LogP contribution in [0.2, 0.25) is 0 Å². The highest BCUT2D eigenvalue weighted by atomic mass is 16.8. The summed E-state index contributed by atoms with van der Waals surface area (Å²) in [6.07, 6.45) is -10.5. The Labute approximate surface area is 496 Å². The zero-order chi connectivity index (χ0) is 61.0. The number of carbonyl (C=O) groups is 3. The van der Waals surface area contributed by atoms with Gasteiger partial charge < -0.3 is 91.8 Å². The van der Waals surface area contributed by atoms with Gasteiger partial charge in [0.05, 0.1) is 65.4 Å². The van der Waals surface area contributed by atoms with Crippen LogP contribution >= 0.6 is 0 Å². The van der Waals surface area contributed by atoms with E-state index < -0.39 is 168 Å². The number of Topliss-reactive ketones (excluding diaryl/α,β-unsaturated/α-hetero) is 1. The summed E-state index contributed by atoms with van der Waals surface area (Å²) in [6, 6.07) is 16.9. The van der Waals surface area contributed by atoms with Gasteiger partial charge in [-0.2, -0.15) is 0 Å². The van der Waals surface area contributed by atoms with Gasteiger partial charge in [-0.1, -0.05) is 48.0 Å². The molecule has 4 aliphatic carbocycles. The first-order chi connectivity index (χ1) is 40.5. The fraction of sp³-hybridized carbons (Fsp3) is 0.730. The normalized spacial score (nSPS) is 45.3. The summed E-state index contributed by atoms with van der Waals surface area (Å²) >= 11 is 0. The van der Waals surface area contributed by atoms with Gasteiger partial charge in [0.1, 0.15) is 66.1 Å². The van der Waals surface area contributed by atoms with E-state index in [1.165, 1.54) is 21.0 Å². The summed E-state index contributed by atoms with van der Waals surface area (Å²) < 4.78 is 87.7. The number of ketones is 1. The van der Waals surface area contributed by atoms with Crippen LogP contribution in [0.1, 0.15) is 126 Å². The molecule has 22 nitrogen and oxygen atoms in total. The monoisotopic (exact) mass is 1200 g/mol. The van der Waals surface area contributed by atoms with E-state index in [-0.39, 0.29) is 44.3 Å². The first-order valence-electron chi connectivity index (χ1n) is 30.1. The molecule has 2 aromatic carbocycles. The van der Waals surface area contributed by atoms with E-state index in [1.807, 2.05) is 26.8 Å². The lowest BCUT2D eigenvalue weighted by molar-refractivity contribution is -0.356. The van der Waals surface area contributed by atoms with Crippen molar-refractivity contribution < 1.29 is 106 Å². The van der Waals surface area contributed by atoms with Crippen molar-refractivity contribution in [1.82, 2.24) is 0 Å². The Balaban J connectivity index is 0.810. The van der Waals surface area contributed by atoms with Crippen LogP contribution < -0.4 is 0 Å². The third-order valence-electron chi connectivity index (χ3n) is 20.7. The molecule has 0 aromatic heterocycles. The number of carbonyl (C=O) groups excluding carboxylic acids is 3. The summed E-state index contributed by atoms with van der Waals surface area (Å²) in [7, 11) is 6.18. The number of fused-ring (bicyclic) bond motifs is 5. The van der Waals surface area contributed by atoms with Crippen molar-refractivity contribution >= 4 is 17.7 Å². The van der Waals surface area contributed by atoms with Crippen molar-refractivity contribution in [3.63, 3.8) is 0 Å². The van der Waals surface area contributed by atoms with Gasteiger partial charge in [-0.15, -0.1) is 0 Å². The molecule has 10 rings (SSSR count). The second kappa shape index (κ2) is 25.5. The van der Waals surface area contributed by atoms with Crippen LogP contribution in [-0.2, 0) is 71.1 Å². The van der Waals surface area contributed by atoms with E-state index in [2.05, 4.69) is 0 Å². The lowest BCUT2D eigenvalue weighted by Gasteiger charge is -2.67. The molecule has 0 radical (unpaired) electrons. The van der Waals surface area contributed by atoms with Gasteiger partial charge >= 0.3 is 11.9 Å². The van der Waals surface area contributed by atoms with E-state index in [1.54, 1.807) is 88.9 Å². The lowest BCUT2D eigenvalue weighted by Crippen LogP contribution is -2.78. The number of hydrogen-bond donors (Lipinski definition) is 5. The second-order valence-electron chi connectivity index (χ2n) is 25.0. The molecule has 0 spiro atoms. The molecule has 85 heavy (non-hydrogen) atoms. The minimum absolute atomic E-state index is 0.0715. The molecule has 25 atom stereocenters. The minimum atomic E-state index is -2.16. The Kier molecular flexibility index (Phi) is 19.3. The molecule has 4 aliphatic heterocycles. The molecule has 8 aliphatic rings. The minimum Gasteiger partial charge on any atom is -0.461 e. The standard InChI is InChI=1S/C63H88O22/c1-33-50(65)55(75-10)51(66)58(80-33)85-54-36(4)79-49(30-44(54)74-9)84-53-35(3)78-48(29-43(53)73-8)83-52-34(2)77-47(28-42(52)72-7)81-41-22-23-60(32-76-56(67)38-17-13-11-14-18-38)40(27-41)21-24-62(70)45(60)31-46(82-57(68)39-19-15-12-16-20-39)59(6)61(69,37(5)64)25-26-63(59,62)71/h11-21,33-36,41-55,58,65-66,69-71H,22-32H2,1-10H3/t33-,34-,35-,36-,41+,42+,43+,44+,45-,46-,47+,48+,49+,50-,51-,52-,53-,54-,55+,58+,59-,60-,61-,62+,63-/m1/s1. The van der Waals surface area contributed by atoms with E-state index in [4.69, 9.17) is 66.3 Å². The van der Waals surface area contributed by atoms with Crippen LogP contribution in [0.15, 0.2) is 72.3 Å². The predicted molar refractivity (Wildman–Crippen MR) is 298 cm³/mol. The van der Waals surface area contributed by atoms with Crippen molar-refractivity contribution in [3.8, 4) is 0 Å². The fourth-order valence-electron chi connectivity index (χ4n) is 15.8. The van der Waals surface area contributed by atoms with E-state index >= 15 is 0 Å². The number of hydrogen-bond acceptors (Lipinski definition) is 22. The third kappa shape index (κ3) is 11.5. The maximum absolute atomic E-state index is 14.0. The van der Waals surface area contributed by atoms with Crippen LogP contribution in [0.25, 0.3) is 0 Å². The summed E-state index contributed by atoms with van der Waals surface area (Å²) in [5, 5.41) is 60.6. The summed E-state index contributed by atoms with van der Waals surface area (Å²) in [5.41, 5.74) is -7.89. The Bertz CT molecular complexity index is 2670. The SMILES string of the molecule is CO[C@@H]1[C@@H](O)[C@H](O[C@H]2[C@@H](OC)C[C@H](O[C@H]3[C@@H](OC)C[C@H](O[C@H]4[C@@H](OC)C[C@H](O[C@H]5CC[C@@]6(COC(=O)c7ccccc7)C(=CC[C@]7(O)[C@@H]6C[C@@H](OC(=O)c6ccccc6)[C@@]6(C)[C@]7(O)CC[C@@]6(O)C(C)=O)C5)O[C@@H]4C)O[C@@H]3C)O[C@@H]2C)O[C@H](C)[C@H]1O.